The Labute approximate surface area is 108 Å². The molecule has 14 heavy (non-hydrogen) atoms. The third-order valence-electron chi connectivity index (χ3n) is 1.85. The van der Waals surface area contributed by atoms with Crippen LogP contribution in [0.4, 0.5) is 0 Å². The van der Waals surface area contributed by atoms with Crippen molar-refractivity contribution in [2.24, 2.45) is 0 Å². The highest BCUT2D eigenvalue weighted by Gasteiger charge is 2.42. The van der Waals surface area contributed by atoms with Gasteiger partial charge in [0.25, 0.3) is 0 Å². The van der Waals surface area contributed by atoms with E-state index in [0.717, 1.165) is 0 Å². The van der Waals surface area contributed by atoms with E-state index in [1.807, 2.05) is 18.2 Å². The summed E-state index contributed by atoms with van der Waals surface area (Å²) in [5, 5.41) is 0. The minimum absolute atomic E-state index is 0.701. The van der Waals surface area contributed by atoms with E-state index in [-0.39, 0.29) is 0 Å². The van der Waals surface area contributed by atoms with Crippen LogP contribution in [0.5, 0.6) is 0 Å². The van der Waals surface area contributed by atoms with Gasteiger partial charge in [0.1, 0.15) is 14.5 Å². The summed E-state index contributed by atoms with van der Waals surface area (Å²) in [6.45, 7) is 0. The van der Waals surface area contributed by atoms with Gasteiger partial charge in [0.15, 0.2) is 0 Å². The number of halogens is 5. The highest BCUT2D eigenvalue weighted by Crippen LogP contribution is 2.44. The van der Waals surface area contributed by atoms with Crippen LogP contribution < -0.4 is 0 Å². The third kappa shape index (κ3) is 2.43. The molecule has 0 saturated carbocycles. The Kier molecular flexibility index (Phi) is 4.67. The van der Waals surface area contributed by atoms with Crippen molar-refractivity contribution in [2.45, 2.75) is 14.5 Å². The molecule has 1 aromatic rings. The van der Waals surface area contributed by atoms with Crippen LogP contribution in [0.1, 0.15) is 5.56 Å². The smallest absolute Gasteiger partial charge is 0.108 e. The Morgan fingerprint density at radius 3 is 1.64 bits per heavy atom. The van der Waals surface area contributed by atoms with Gasteiger partial charge in [-0.25, -0.2) is 0 Å². The molecule has 0 nitrogen and oxygen atoms in total. The zero-order valence-electron chi connectivity index (χ0n) is 6.93. The topological polar surface area (TPSA) is 0 Å². The molecule has 0 aliphatic heterocycles. The van der Waals surface area contributed by atoms with E-state index in [1.54, 1.807) is 12.1 Å². The maximum Gasteiger partial charge on any atom is 0.133 e. The largest absolute Gasteiger partial charge is 0.133 e. The van der Waals surface area contributed by atoms with Crippen LogP contribution >= 0.6 is 58.0 Å². The molecule has 0 saturated heterocycles. The molecule has 0 heterocycles. The molecule has 78 valence electrons. The van der Waals surface area contributed by atoms with Crippen molar-refractivity contribution < 1.29 is 0 Å². The first-order valence-corrected chi connectivity index (χ1v) is 5.92. The fourth-order valence-corrected chi connectivity index (χ4v) is 2.43. The summed E-state index contributed by atoms with van der Waals surface area (Å²) in [6.07, 6.45) is 0. The zero-order valence-corrected chi connectivity index (χ0v) is 10.7. The van der Waals surface area contributed by atoms with Gasteiger partial charge in [0.05, 0.1) is 0 Å². The Hall–Kier alpha value is 0.670. The Morgan fingerprint density at radius 1 is 0.857 bits per heavy atom. The molecule has 0 atom stereocenters. The van der Waals surface area contributed by atoms with E-state index < -0.39 is 14.5 Å². The van der Waals surface area contributed by atoms with Gasteiger partial charge < -0.3 is 0 Å². The lowest BCUT2D eigenvalue weighted by Crippen LogP contribution is -2.33. The van der Waals surface area contributed by atoms with Crippen LogP contribution in [0.3, 0.4) is 0 Å². The van der Waals surface area contributed by atoms with Crippen LogP contribution in [-0.2, 0) is 4.87 Å². The lowest BCUT2D eigenvalue weighted by atomic mass is 10.0. The van der Waals surface area contributed by atoms with E-state index in [2.05, 4.69) is 0 Å². The van der Waals surface area contributed by atoms with Crippen LogP contribution in [0.25, 0.3) is 0 Å². The molecule has 1 aromatic carbocycles. The van der Waals surface area contributed by atoms with Gasteiger partial charge in [0.2, 0.25) is 0 Å². The fourth-order valence-electron chi connectivity index (χ4n) is 1.04. The number of benzene rings is 1. The van der Waals surface area contributed by atoms with Crippen molar-refractivity contribution in [1.29, 1.82) is 0 Å². The summed E-state index contributed by atoms with van der Waals surface area (Å²) in [7, 11) is 0. The van der Waals surface area contributed by atoms with E-state index in [0.29, 0.717) is 5.56 Å². The van der Waals surface area contributed by atoms with Gasteiger partial charge in [-0.05, 0) is 5.56 Å². The molecule has 0 aliphatic rings. The first kappa shape index (κ1) is 12.7. The minimum Gasteiger partial charge on any atom is -0.108 e. The molecular weight excluding hydrogens is 285 g/mol. The molecule has 0 N–H and O–H groups in total. The maximum atomic E-state index is 6.21. The molecule has 0 amide bonds. The molecule has 5 heteroatoms. The quantitative estimate of drug-likeness (QED) is 0.707. The second kappa shape index (κ2) is 5.14. The average molecular weight is 292 g/mol. The van der Waals surface area contributed by atoms with Gasteiger partial charge in [-0.3, -0.25) is 0 Å². The maximum absolute atomic E-state index is 6.21. The molecule has 0 aliphatic carbocycles. The Bertz CT molecular complexity index is 275. The standard InChI is InChI=1S/C9H7Cl5/c10-7(11)9(14,8(12)13)6-4-2-1-3-5-6/h1-5,7-8H. The van der Waals surface area contributed by atoms with Crippen molar-refractivity contribution in [3.8, 4) is 0 Å². The van der Waals surface area contributed by atoms with Crippen molar-refractivity contribution in [2.75, 3.05) is 0 Å². The summed E-state index contributed by atoms with van der Waals surface area (Å²) in [6, 6.07) is 9.05. The summed E-state index contributed by atoms with van der Waals surface area (Å²) >= 11 is 29.3. The van der Waals surface area contributed by atoms with E-state index in [1.165, 1.54) is 0 Å². The van der Waals surface area contributed by atoms with Crippen LogP contribution in [0, 0.1) is 0 Å². The molecule has 0 spiro atoms. The van der Waals surface area contributed by atoms with Crippen LogP contribution in [-0.4, -0.2) is 9.67 Å². The lowest BCUT2D eigenvalue weighted by Gasteiger charge is -2.29. The van der Waals surface area contributed by atoms with Gasteiger partial charge in [-0.1, -0.05) is 30.3 Å². The number of alkyl halides is 5. The van der Waals surface area contributed by atoms with Gasteiger partial charge in [-0.15, -0.1) is 58.0 Å². The molecular formula is C9H7Cl5. The van der Waals surface area contributed by atoms with Gasteiger partial charge in [0, 0.05) is 0 Å². The molecule has 0 fully saturated rings. The fraction of sp³-hybridized carbons (Fsp3) is 0.333. The molecule has 1 rings (SSSR count). The molecule has 0 aromatic heterocycles. The lowest BCUT2D eigenvalue weighted by molar-refractivity contribution is 0.710. The SMILES string of the molecule is ClC(Cl)C(Cl)(c1ccccc1)C(Cl)Cl. The van der Waals surface area contributed by atoms with Gasteiger partial charge >= 0.3 is 0 Å². The molecule has 0 bridgehead atoms. The highest BCUT2D eigenvalue weighted by molar-refractivity contribution is 6.55. The summed E-state index contributed by atoms with van der Waals surface area (Å²) in [4.78, 5) is -2.94. The Morgan fingerprint density at radius 2 is 1.29 bits per heavy atom. The average Bonchev–Trinajstić information content (AvgIpc) is 2.17. The number of hydrogen-bond donors (Lipinski definition) is 0. The predicted molar refractivity (Wildman–Crippen MR) is 65.0 cm³/mol. The van der Waals surface area contributed by atoms with Gasteiger partial charge in [-0.2, -0.15) is 0 Å². The normalized spacial score (nSPS) is 12.5. The van der Waals surface area contributed by atoms with Crippen molar-refractivity contribution >= 4 is 58.0 Å². The van der Waals surface area contributed by atoms with E-state index in [9.17, 15) is 0 Å². The second-order valence-corrected chi connectivity index (χ2v) is 5.55. The number of rotatable bonds is 3. The van der Waals surface area contributed by atoms with E-state index >= 15 is 0 Å². The summed E-state index contributed by atoms with van der Waals surface area (Å²) < 4.78 is 0. The Balaban J connectivity index is 3.13. The summed E-state index contributed by atoms with van der Waals surface area (Å²) in [5.74, 6) is 0. The number of hydrogen-bond acceptors (Lipinski definition) is 0. The molecule has 0 unspecified atom stereocenters. The van der Waals surface area contributed by atoms with Crippen LogP contribution in [0.2, 0.25) is 0 Å². The monoisotopic (exact) mass is 290 g/mol. The van der Waals surface area contributed by atoms with Crippen molar-refractivity contribution in [3.63, 3.8) is 0 Å². The zero-order chi connectivity index (χ0) is 10.8. The minimum atomic E-state index is -1.17. The van der Waals surface area contributed by atoms with Crippen molar-refractivity contribution in [1.82, 2.24) is 0 Å². The molecule has 0 radical (unpaired) electrons. The van der Waals surface area contributed by atoms with E-state index in [4.69, 9.17) is 58.0 Å². The van der Waals surface area contributed by atoms with Crippen molar-refractivity contribution in [3.05, 3.63) is 35.9 Å². The predicted octanol–water partition coefficient (Wildman–Crippen LogP) is 4.73. The second-order valence-electron chi connectivity index (χ2n) is 2.74. The van der Waals surface area contributed by atoms with Crippen LogP contribution in [0.15, 0.2) is 30.3 Å². The first-order valence-electron chi connectivity index (χ1n) is 3.80. The highest BCUT2D eigenvalue weighted by atomic mass is 35.5. The summed E-state index contributed by atoms with van der Waals surface area (Å²) in [5.41, 5.74) is 0.701. The first-order chi connectivity index (χ1) is 6.49. The third-order valence-corrected chi connectivity index (χ3v) is 4.33.